The maximum atomic E-state index is 11.9. The average molecular weight is 337 g/mol. The van der Waals surface area contributed by atoms with Crippen LogP contribution in [-0.4, -0.2) is 16.7 Å². The summed E-state index contributed by atoms with van der Waals surface area (Å²) in [5.41, 5.74) is 8.13. The zero-order chi connectivity index (χ0) is 17.1. The molecule has 24 heavy (non-hydrogen) atoms. The van der Waals surface area contributed by atoms with E-state index in [-0.39, 0.29) is 5.91 Å². The molecule has 0 fully saturated rings. The summed E-state index contributed by atoms with van der Waals surface area (Å²) in [7, 11) is 0. The number of rotatable bonds is 4. The number of carbonyl (C=O) groups is 1. The lowest BCUT2D eigenvalue weighted by atomic mass is 10.2. The molecular weight excluding hydrogens is 318 g/mol. The van der Waals surface area contributed by atoms with Gasteiger partial charge in [-0.15, -0.1) is 11.3 Å². The summed E-state index contributed by atoms with van der Waals surface area (Å²) in [6.07, 6.45) is 1.69. The molecule has 0 atom stereocenters. The summed E-state index contributed by atoms with van der Waals surface area (Å²) in [5.74, 6) is -0.186. The fourth-order valence-corrected chi connectivity index (χ4v) is 3.25. The summed E-state index contributed by atoms with van der Waals surface area (Å²) in [6, 6.07) is 14.1. The molecule has 5 heteroatoms. The first kappa shape index (κ1) is 16.2. The van der Waals surface area contributed by atoms with Gasteiger partial charge in [-0.2, -0.15) is 5.10 Å². The van der Waals surface area contributed by atoms with E-state index in [9.17, 15) is 4.79 Å². The summed E-state index contributed by atoms with van der Waals surface area (Å²) < 4.78 is 2.18. The van der Waals surface area contributed by atoms with Crippen molar-refractivity contribution in [1.82, 2.24) is 9.99 Å². The van der Waals surface area contributed by atoms with E-state index in [0.717, 1.165) is 22.6 Å². The summed E-state index contributed by atoms with van der Waals surface area (Å²) in [4.78, 5) is 12.5. The van der Waals surface area contributed by atoms with Gasteiger partial charge in [-0.25, -0.2) is 5.43 Å². The number of nitrogens with zero attached hydrogens (tertiary/aromatic N) is 2. The average Bonchev–Trinajstić information content (AvgIpc) is 3.18. The highest BCUT2D eigenvalue weighted by molar-refractivity contribution is 7.12. The molecule has 1 aromatic carbocycles. The Balaban J connectivity index is 1.80. The molecule has 0 bridgehead atoms. The molecule has 122 valence electrons. The monoisotopic (exact) mass is 337 g/mol. The Kier molecular flexibility index (Phi) is 4.62. The summed E-state index contributed by atoms with van der Waals surface area (Å²) >= 11 is 1.40. The number of carbonyl (C=O) groups excluding carboxylic acids is 1. The normalized spacial score (nSPS) is 11.1. The van der Waals surface area contributed by atoms with E-state index in [0.29, 0.717) is 4.88 Å². The van der Waals surface area contributed by atoms with Crippen LogP contribution >= 0.6 is 11.3 Å². The first-order valence-electron chi connectivity index (χ1n) is 7.69. The molecule has 0 aliphatic carbocycles. The third-order valence-electron chi connectivity index (χ3n) is 3.88. The minimum Gasteiger partial charge on any atom is -0.318 e. The third kappa shape index (κ3) is 3.31. The Morgan fingerprint density at radius 2 is 1.92 bits per heavy atom. The Labute approximate surface area is 145 Å². The lowest BCUT2D eigenvalue weighted by Gasteiger charge is -2.09. The molecule has 0 radical (unpaired) electrons. The van der Waals surface area contributed by atoms with Crippen molar-refractivity contribution >= 4 is 23.5 Å². The van der Waals surface area contributed by atoms with Crippen LogP contribution in [0.15, 0.2) is 52.9 Å². The fraction of sp³-hybridized carbons (Fsp3) is 0.158. The number of benzene rings is 1. The van der Waals surface area contributed by atoms with E-state index >= 15 is 0 Å². The number of amides is 1. The van der Waals surface area contributed by atoms with Gasteiger partial charge in [-0.05, 0) is 50.4 Å². The van der Waals surface area contributed by atoms with E-state index in [1.54, 1.807) is 12.3 Å². The molecule has 3 aromatic rings. The molecule has 0 saturated heterocycles. The second-order valence-electron chi connectivity index (χ2n) is 5.67. The number of hydrogen-bond acceptors (Lipinski definition) is 3. The number of aromatic nitrogens is 1. The van der Waals surface area contributed by atoms with Crippen LogP contribution in [0.4, 0.5) is 0 Å². The summed E-state index contributed by atoms with van der Waals surface area (Å²) in [6.45, 7) is 6.19. The maximum absolute atomic E-state index is 11.9. The zero-order valence-corrected chi connectivity index (χ0v) is 14.7. The highest BCUT2D eigenvalue weighted by Gasteiger charge is 2.09. The minimum atomic E-state index is -0.186. The van der Waals surface area contributed by atoms with E-state index in [1.165, 1.54) is 16.9 Å². The van der Waals surface area contributed by atoms with Crippen LogP contribution in [0, 0.1) is 20.8 Å². The molecule has 4 nitrogen and oxygen atoms in total. The molecule has 0 spiro atoms. The maximum Gasteiger partial charge on any atom is 0.281 e. The standard InChI is InChI=1S/C19H19N3OS/c1-13-6-8-17(9-7-13)22-14(2)11-16(15(22)3)12-20-21-19(23)18-5-4-10-24-18/h4-12H,1-3H3,(H,21,23). The highest BCUT2D eigenvalue weighted by atomic mass is 32.1. The summed E-state index contributed by atoms with van der Waals surface area (Å²) in [5, 5.41) is 5.96. The second kappa shape index (κ2) is 6.84. The molecule has 2 aromatic heterocycles. The van der Waals surface area contributed by atoms with Gasteiger partial charge in [0.25, 0.3) is 5.91 Å². The van der Waals surface area contributed by atoms with Crippen molar-refractivity contribution in [2.24, 2.45) is 5.10 Å². The smallest absolute Gasteiger partial charge is 0.281 e. The van der Waals surface area contributed by atoms with E-state index in [2.05, 4.69) is 66.2 Å². The number of thiophene rings is 1. The largest absolute Gasteiger partial charge is 0.318 e. The molecule has 0 unspecified atom stereocenters. The van der Waals surface area contributed by atoms with Crippen molar-refractivity contribution in [3.63, 3.8) is 0 Å². The Morgan fingerprint density at radius 1 is 1.17 bits per heavy atom. The van der Waals surface area contributed by atoms with Crippen molar-refractivity contribution in [3.8, 4) is 5.69 Å². The number of hydrogen-bond donors (Lipinski definition) is 1. The predicted molar refractivity (Wildman–Crippen MR) is 99.4 cm³/mol. The lowest BCUT2D eigenvalue weighted by molar-refractivity contribution is 0.0959. The van der Waals surface area contributed by atoms with Crippen LogP contribution in [0.3, 0.4) is 0 Å². The van der Waals surface area contributed by atoms with Gasteiger partial charge >= 0.3 is 0 Å². The predicted octanol–water partition coefficient (Wildman–Crippen LogP) is 4.23. The highest BCUT2D eigenvalue weighted by Crippen LogP contribution is 2.20. The minimum absolute atomic E-state index is 0.186. The Bertz CT molecular complexity index is 874. The number of aryl methyl sites for hydroxylation is 2. The van der Waals surface area contributed by atoms with Gasteiger partial charge in [0.2, 0.25) is 0 Å². The zero-order valence-electron chi connectivity index (χ0n) is 13.9. The van der Waals surface area contributed by atoms with Gasteiger partial charge in [-0.3, -0.25) is 4.79 Å². The molecule has 3 rings (SSSR count). The second-order valence-corrected chi connectivity index (χ2v) is 6.62. The van der Waals surface area contributed by atoms with Gasteiger partial charge in [0, 0.05) is 22.6 Å². The molecular formula is C19H19N3OS. The van der Waals surface area contributed by atoms with Crippen LogP contribution in [0.2, 0.25) is 0 Å². The van der Waals surface area contributed by atoms with Crippen LogP contribution in [0.25, 0.3) is 5.69 Å². The van der Waals surface area contributed by atoms with Crippen LogP contribution in [0.5, 0.6) is 0 Å². The van der Waals surface area contributed by atoms with Crippen molar-refractivity contribution in [2.75, 3.05) is 0 Å². The van der Waals surface area contributed by atoms with Crippen LogP contribution in [0.1, 0.15) is 32.2 Å². The SMILES string of the molecule is Cc1ccc(-n2c(C)cc(C=NNC(=O)c3cccs3)c2C)cc1. The van der Waals surface area contributed by atoms with Gasteiger partial charge in [-0.1, -0.05) is 23.8 Å². The Hall–Kier alpha value is -2.66. The van der Waals surface area contributed by atoms with Crippen LogP contribution in [-0.2, 0) is 0 Å². The number of nitrogens with one attached hydrogen (secondary N) is 1. The van der Waals surface area contributed by atoms with Crippen molar-refractivity contribution in [1.29, 1.82) is 0 Å². The first-order valence-corrected chi connectivity index (χ1v) is 8.57. The van der Waals surface area contributed by atoms with Crippen LogP contribution < -0.4 is 5.43 Å². The van der Waals surface area contributed by atoms with Crippen molar-refractivity contribution in [2.45, 2.75) is 20.8 Å². The molecule has 0 saturated carbocycles. The van der Waals surface area contributed by atoms with Gasteiger partial charge in [0.1, 0.15) is 0 Å². The molecule has 1 amide bonds. The van der Waals surface area contributed by atoms with E-state index in [4.69, 9.17) is 0 Å². The third-order valence-corrected chi connectivity index (χ3v) is 4.75. The fourth-order valence-electron chi connectivity index (χ4n) is 2.63. The van der Waals surface area contributed by atoms with Crippen molar-refractivity contribution in [3.05, 3.63) is 75.2 Å². The first-order chi connectivity index (χ1) is 11.6. The van der Waals surface area contributed by atoms with Gasteiger partial charge < -0.3 is 4.57 Å². The lowest BCUT2D eigenvalue weighted by Crippen LogP contribution is -2.16. The van der Waals surface area contributed by atoms with Gasteiger partial charge in [0.05, 0.1) is 11.1 Å². The number of hydrazone groups is 1. The Morgan fingerprint density at radius 3 is 2.58 bits per heavy atom. The van der Waals surface area contributed by atoms with E-state index in [1.807, 2.05) is 11.4 Å². The molecule has 0 aliphatic heterocycles. The molecule has 0 aliphatic rings. The quantitative estimate of drug-likeness (QED) is 0.562. The topological polar surface area (TPSA) is 46.4 Å². The molecule has 1 N–H and O–H groups in total. The van der Waals surface area contributed by atoms with E-state index < -0.39 is 0 Å². The van der Waals surface area contributed by atoms with Crippen molar-refractivity contribution < 1.29 is 4.79 Å². The molecule has 2 heterocycles. The van der Waals surface area contributed by atoms with Gasteiger partial charge in [0.15, 0.2) is 0 Å².